The van der Waals surface area contributed by atoms with Crippen LogP contribution in [-0.4, -0.2) is 24.1 Å². The van der Waals surface area contributed by atoms with Crippen molar-refractivity contribution < 1.29 is 19.1 Å². The van der Waals surface area contributed by atoms with Crippen LogP contribution in [0.4, 0.5) is 4.79 Å². The molecule has 0 aromatic rings. The molecule has 0 fully saturated rings. The van der Waals surface area contributed by atoms with Gasteiger partial charge >= 0.3 is 6.09 Å². The van der Waals surface area contributed by atoms with Crippen molar-refractivity contribution in [3.63, 3.8) is 0 Å². The largest absolute Gasteiger partial charge is 0.497 e. The fraction of sp³-hybridized carbons (Fsp3) is 0.667. The maximum absolute atomic E-state index is 11.9. The lowest BCUT2D eigenvalue weighted by Crippen LogP contribution is -2.32. The minimum Gasteiger partial charge on any atom is -0.497 e. The monoisotopic (exact) mass is 323 g/mol. The van der Waals surface area contributed by atoms with Crippen molar-refractivity contribution in [1.29, 1.82) is 0 Å². The number of carbonyl (C=O) groups excluding carboxylic acids is 2. The molecule has 0 aromatic carbocycles. The van der Waals surface area contributed by atoms with Gasteiger partial charge in [0.05, 0.1) is 6.61 Å². The highest BCUT2D eigenvalue weighted by Crippen LogP contribution is 2.23. The summed E-state index contributed by atoms with van der Waals surface area (Å²) in [5, 5.41) is 2.83. The summed E-state index contributed by atoms with van der Waals surface area (Å²) in [6, 6.07) is 0. The summed E-state index contributed by atoms with van der Waals surface area (Å²) in [6.07, 6.45) is 2.14. The van der Waals surface area contributed by atoms with Crippen molar-refractivity contribution in [3.05, 3.63) is 22.6 Å². The van der Waals surface area contributed by atoms with Gasteiger partial charge in [-0.25, -0.2) is 4.79 Å². The predicted octanol–water partition coefficient (Wildman–Crippen LogP) is 4.24. The highest BCUT2D eigenvalue weighted by Gasteiger charge is 2.19. The standard InChI is InChI=1S/C18H29NO4/c1-7-14(19-17(21)23-18(4,5)6)12(2)8-9-16-13(3)15(20)10-11-22-16/h7-11H2,1-6H3,(H,19,21)/b14-12-. The molecule has 5 heteroatoms. The van der Waals surface area contributed by atoms with E-state index >= 15 is 0 Å². The Labute approximate surface area is 139 Å². The molecule has 1 N–H and O–H groups in total. The number of hydrogen-bond acceptors (Lipinski definition) is 4. The van der Waals surface area contributed by atoms with Crippen LogP contribution < -0.4 is 5.32 Å². The molecule has 1 aliphatic rings. The zero-order valence-electron chi connectivity index (χ0n) is 15.2. The molecule has 0 aromatic heterocycles. The molecule has 0 bridgehead atoms. The molecule has 0 saturated carbocycles. The third-order valence-corrected chi connectivity index (χ3v) is 3.69. The van der Waals surface area contributed by atoms with Gasteiger partial charge in [-0.1, -0.05) is 12.5 Å². The Bertz CT molecular complexity index is 524. The molecule has 1 rings (SSSR count). The summed E-state index contributed by atoms with van der Waals surface area (Å²) in [5.74, 6) is 0.934. The summed E-state index contributed by atoms with van der Waals surface area (Å²) in [6.45, 7) is 11.8. The average molecular weight is 323 g/mol. The van der Waals surface area contributed by atoms with E-state index in [1.54, 1.807) is 0 Å². The Hall–Kier alpha value is -1.78. The number of carbonyl (C=O) groups is 2. The number of alkyl carbamates (subject to hydrolysis) is 1. The van der Waals surface area contributed by atoms with Gasteiger partial charge in [0.2, 0.25) is 0 Å². The van der Waals surface area contributed by atoms with Gasteiger partial charge in [-0.15, -0.1) is 0 Å². The summed E-state index contributed by atoms with van der Waals surface area (Å²) in [4.78, 5) is 23.6. The summed E-state index contributed by atoms with van der Waals surface area (Å²) >= 11 is 0. The molecule has 130 valence electrons. The molecule has 0 saturated heterocycles. The van der Waals surface area contributed by atoms with Crippen LogP contribution in [0.3, 0.4) is 0 Å². The van der Waals surface area contributed by atoms with Crippen LogP contribution in [0.2, 0.25) is 0 Å². The molecule has 0 unspecified atom stereocenters. The molecule has 1 amide bonds. The molecule has 23 heavy (non-hydrogen) atoms. The quantitative estimate of drug-likeness (QED) is 0.822. The van der Waals surface area contributed by atoms with Crippen molar-refractivity contribution in [2.45, 2.75) is 72.8 Å². The molecule has 1 heterocycles. The van der Waals surface area contributed by atoms with E-state index < -0.39 is 11.7 Å². The van der Waals surface area contributed by atoms with Crippen LogP contribution in [0.1, 0.15) is 67.2 Å². The molecule has 1 aliphatic heterocycles. The molecule has 0 aliphatic carbocycles. The van der Waals surface area contributed by atoms with Gasteiger partial charge in [0.25, 0.3) is 0 Å². The van der Waals surface area contributed by atoms with Crippen molar-refractivity contribution >= 4 is 11.9 Å². The Kier molecular flexibility index (Phi) is 6.85. The molecular weight excluding hydrogens is 294 g/mol. The second kappa shape index (κ2) is 8.18. The van der Waals surface area contributed by atoms with E-state index in [4.69, 9.17) is 9.47 Å². The first-order valence-electron chi connectivity index (χ1n) is 8.18. The number of ether oxygens (including phenoxy) is 2. The van der Waals surface area contributed by atoms with Gasteiger partial charge in [-0.05, 0) is 47.5 Å². The van der Waals surface area contributed by atoms with E-state index in [1.807, 2.05) is 41.5 Å². The van der Waals surface area contributed by atoms with Gasteiger partial charge in [0.1, 0.15) is 11.4 Å². The summed E-state index contributed by atoms with van der Waals surface area (Å²) in [5.41, 5.74) is 2.14. The van der Waals surface area contributed by atoms with Crippen LogP contribution >= 0.6 is 0 Å². The zero-order valence-corrected chi connectivity index (χ0v) is 15.2. The topological polar surface area (TPSA) is 64.6 Å². The first kappa shape index (κ1) is 19.3. The fourth-order valence-corrected chi connectivity index (χ4v) is 2.35. The van der Waals surface area contributed by atoms with Crippen LogP contribution in [0.5, 0.6) is 0 Å². The van der Waals surface area contributed by atoms with E-state index in [9.17, 15) is 9.59 Å². The first-order valence-corrected chi connectivity index (χ1v) is 8.18. The van der Waals surface area contributed by atoms with E-state index in [-0.39, 0.29) is 5.78 Å². The van der Waals surface area contributed by atoms with Crippen LogP contribution in [0.25, 0.3) is 0 Å². The van der Waals surface area contributed by atoms with E-state index in [0.717, 1.165) is 29.0 Å². The average Bonchev–Trinajstić information content (AvgIpc) is 2.44. The molecule has 0 radical (unpaired) electrons. The highest BCUT2D eigenvalue weighted by molar-refractivity contribution is 5.95. The first-order chi connectivity index (χ1) is 10.6. The second-order valence-corrected chi connectivity index (χ2v) is 6.81. The number of ketones is 1. The number of rotatable bonds is 5. The minimum absolute atomic E-state index is 0.162. The van der Waals surface area contributed by atoms with Crippen LogP contribution in [-0.2, 0) is 14.3 Å². The smallest absolute Gasteiger partial charge is 0.411 e. The van der Waals surface area contributed by atoms with Gasteiger partial charge in [0, 0.05) is 24.1 Å². The van der Waals surface area contributed by atoms with Gasteiger partial charge < -0.3 is 9.47 Å². The molecular formula is C18H29NO4. The lowest BCUT2D eigenvalue weighted by Gasteiger charge is -2.21. The highest BCUT2D eigenvalue weighted by atomic mass is 16.6. The van der Waals surface area contributed by atoms with E-state index in [0.29, 0.717) is 25.9 Å². The lowest BCUT2D eigenvalue weighted by atomic mass is 10.0. The van der Waals surface area contributed by atoms with E-state index in [2.05, 4.69) is 5.32 Å². The third-order valence-electron chi connectivity index (χ3n) is 3.69. The predicted molar refractivity (Wildman–Crippen MR) is 89.9 cm³/mol. The number of Topliss-reactive ketones (excluding diaryl/α,β-unsaturated/α-hetero) is 1. The number of allylic oxidation sites excluding steroid dienone is 4. The van der Waals surface area contributed by atoms with Crippen molar-refractivity contribution in [2.24, 2.45) is 0 Å². The SMILES string of the molecule is CC/C(NC(=O)OC(C)(C)C)=C(\C)CCC1=C(C)C(=O)CCO1. The van der Waals surface area contributed by atoms with Gasteiger partial charge in [0.15, 0.2) is 5.78 Å². The molecule has 0 spiro atoms. The Balaban J connectivity index is 2.69. The van der Waals surface area contributed by atoms with Gasteiger partial charge in [-0.2, -0.15) is 0 Å². The summed E-state index contributed by atoms with van der Waals surface area (Å²) in [7, 11) is 0. The van der Waals surface area contributed by atoms with Gasteiger partial charge in [-0.3, -0.25) is 10.1 Å². The summed E-state index contributed by atoms with van der Waals surface area (Å²) < 4.78 is 10.9. The van der Waals surface area contributed by atoms with Crippen LogP contribution in [0.15, 0.2) is 22.6 Å². The van der Waals surface area contributed by atoms with Crippen LogP contribution in [0, 0.1) is 0 Å². The molecule has 0 atom stereocenters. The van der Waals surface area contributed by atoms with Crippen molar-refractivity contribution in [3.8, 4) is 0 Å². The lowest BCUT2D eigenvalue weighted by molar-refractivity contribution is -0.117. The minimum atomic E-state index is -0.519. The normalized spacial score (nSPS) is 16.7. The number of amides is 1. The fourth-order valence-electron chi connectivity index (χ4n) is 2.35. The van der Waals surface area contributed by atoms with Crippen molar-refractivity contribution in [1.82, 2.24) is 5.32 Å². The number of nitrogens with one attached hydrogen (secondary N) is 1. The third kappa shape index (κ3) is 6.47. The Morgan fingerprint density at radius 1 is 1.35 bits per heavy atom. The molecule has 5 nitrogen and oxygen atoms in total. The number of hydrogen-bond donors (Lipinski definition) is 1. The second-order valence-electron chi connectivity index (χ2n) is 6.81. The maximum Gasteiger partial charge on any atom is 0.411 e. The Morgan fingerprint density at radius 3 is 2.57 bits per heavy atom. The Morgan fingerprint density at radius 2 is 2.00 bits per heavy atom. The maximum atomic E-state index is 11.9. The zero-order chi connectivity index (χ0) is 17.6. The van der Waals surface area contributed by atoms with Crippen molar-refractivity contribution in [2.75, 3.05) is 6.61 Å². The van der Waals surface area contributed by atoms with E-state index in [1.165, 1.54) is 0 Å².